The lowest BCUT2D eigenvalue weighted by atomic mass is 10.1. The van der Waals surface area contributed by atoms with Crippen LogP contribution in [0, 0.1) is 0 Å². The minimum Gasteiger partial charge on any atom is -0.489 e. The third kappa shape index (κ3) is 12.0. The van der Waals surface area contributed by atoms with Gasteiger partial charge in [-0.25, -0.2) is 4.79 Å². The standard InChI is InChI=1S/C48H43N3O6S/c1-2-3-31-56-48(55)38-21-23-39(24-22-38)50-47(54)44(36-15-9-5-10-16-36)58-42-29-25-40(26-30-42)49-46(53)43(51-45(52)37-17-11-6-12-18-37)32-34-19-27-41(28-20-34)57-33-35-13-7-4-8-14-35/h4-30,32,44H,2-3,31,33H2,1H3,(H,49,53)(H,50,54)(H,51,52)/b43-32-. The van der Waals surface area contributed by atoms with Gasteiger partial charge in [0.15, 0.2) is 0 Å². The summed E-state index contributed by atoms with van der Waals surface area (Å²) in [4.78, 5) is 53.8. The van der Waals surface area contributed by atoms with Gasteiger partial charge in [-0.3, -0.25) is 14.4 Å². The number of hydrogen-bond donors (Lipinski definition) is 3. The Kier molecular flexibility index (Phi) is 14.6. The molecule has 0 aliphatic rings. The van der Waals surface area contributed by atoms with Crippen molar-refractivity contribution in [3.8, 4) is 5.75 Å². The Morgan fingerprint density at radius 3 is 1.91 bits per heavy atom. The second kappa shape index (κ2) is 20.8. The Morgan fingerprint density at radius 2 is 1.26 bits per heavy atom. The van der Waals surface area contributed by atoms with Crippen molar-refractivity contribution in [2.45, 2.75) is 36.5 Å². The number of hydrogen-bond acceptors (Lipinski definition) is 7. The van der Waals surface area contributed by atoms with E-state index in [-0.39, 0.29) is 11.6 Å². The van der Waals surface area contributed by atoms with Crippen molar-refractivity contribution < 1.29 is 28.7 Å². The largest absolute Gasteiger partial charge is 0.489 e. The Labute approximate surface area is 342 Å². The molecule has 58 heavy (non-hydrogen) atoms. The fraction of sp³-hybridized carbons (Fsp3) is 0.125. The number of carbonyl (C=O) groups excluding carboxylic acids is 4. The van der Waals surface area contributed by atoms with Crippen LogP contribution in [-0.2, 0) is 20.9 Å². The third-order valence-corrected chi connectivity index (χ3v) is 10.1. The summed E-state index contributed by atoms with van der Waals surface area (Å²) in [6.45, 7) is 2.81. The summed E-state index contributed by atoms with van der Waals surface area (Å²) in [6.07, 6.45) is 3.33. The van der Waals surface area contributed by atoms with Crippen LogP contribution >= 0.6 is 11.8 Å². The maximum atomic E-state index is 13.7. The highest BCUT2D eigenvalue weighted by atomic mass is 32.2. The molecule has 0 saturated carbocycles. The summed E-state index contributed by atoms with van der Waals surface area (Å²) in [5, 5.41) is 8.04. The van der Waals surface area contributed by atoms with E-state index in [1.807, 2.05) is 110 Å². The first kappa shape index (κ1) is 40.7. The van der Waals surface area contributed by atoms with Gasteiger partial charge in [-0.1, -0.05) is 104 Å². The number of nitrogens with one attached hydrogen (secondary N) is 3. The molecule has 0 bridgehead atoms. The molecule has 0 saturated heterocycles. The quantitative estimate of drug-likeness (QED) is 0.0364. The fourth-order valence-electron chi connectivity index (χ4n) is 5.65. The number of rotatable bonds is 17. The van der Waals surface area contributed by atoms with Gasteiger partial charge in [-0.2, -0.15) is 0 Å². The maximum Gasteiger partial charge on any atom is 0.338 e. The van der Waals surface area contributed by atoms with Crippen LogP contribution in [0.15, 0.2) is 174 Å². The van der Waals surface area contributed by atoms with E-state index >= 15 is 0 Å². The van der Waals surface area contributed by atoms with E-state index in [1.165, 1.54) is 11.8 Å². The molecule has 10 heteroatoms. The fourth-order valence-corrected chi connectivity index (χ4v) is 6.68. The molecule has 1 atom stereocenters. The summed E-state index contributed by atoms with van der Waals surface area (Å²) >= 11 is 1.36. The summed E-state index contributed by atoms with van der Waals surface area (Å²) < 4.78 is 11.2. The van der Waals surface area contributed by atoms with Gasteiger partial charge in [-0.05, 0) is 102 Å². The van der Waals surface area contributed by atoms with Crippen LogP contribution in [0.3, 0.4) is 0 Å². The second-order valence-corrected chi connectivity index (χ2v) is 14.3. The first-order valence-corrected chi connectivity index (χ1v) is 19.8. The van der Waals surface area contributed by atoms with Gasteiger partial charge in [0.05, 0.1) is 12.2 Å². The third-order valence-electron chi connectivity index (χ3n) is 8.79. The van der Waals surface area contributed by atoms with Crippen LogP contribution < -0.4 is 20.7 Å². The average Bonchev–Trinajstić information content (AvgIpc) is 3.26. The lowest BCUT2D eigenvalue weighted by Crippen LogP contribution is -2.30. The molecular weight excluding hydrogens is 747 g/mol. The van der Waals surface area contributed by atoms with Gasteiger partial charge in [0.25, 0.3) is 11.8 Å². The summed E-state index contributed by atoms with van der Waals surface area (Å²) in [5.41, 5.74) is 4.44. The Balaban J connectivity index is 1.13. The van der Waals surface area contributed by atoms with Gasteiger partial charge in [0, 0.05) is 21.8 Å². The normalized spacial score (nSPS) is 11.5. The molecule has 0 aromatic heterocycles. The zero-order valence-corrected chi connectivity index (χ0v) is 32.7. The molecule has 0 fully saturated rings. The van der Waals surface area contributed by atoms with Gasteiger partial charge in [0.2, 0.25) is 5.91 Å². The second-order valence-electron chi connectivity index (χ2n) is 13.2. The van der Waals surface area contributed by atoms with Crippen molar-refractivity contribution in [2.75, 3.05) is 17.2 Å². The van der Waals surface area contributed by atoms with Crippen molar-refractivity contribution in [3.63, 3.8) is 0 Å². The van der Waals surface area contributed by atoms with Crippen LogP contribution in [0.5, 0.6) is 5.75 Å². The molecule has 3 amide bonds. The van der Waals surface area contributed by atoms with Crippen LogP contribution in [0.25, 0.3) is 6.08 Å². The van der Waals surface area contributed by atoms with Crippen LogP contribution in [-0.4, -0.2) is 30.3 Å². The number of anilines is 2. The highest BCUT2D eigenvalue weighted by Crippen LogP contribution is 2.37. The highest BCUT2D eigenvalue weighted by molar-refractivity contribution is 8.00. The molecule has 9 nitrogen and oxygen atoms in total. The SMILES string of the molecule is CCCCOC(=O)c1ccc(NC(=O)C(Sc2ccc(NC(=O)/C(=C/c3ccc(OCc4ccccc4)cc3)NC(=O)c3ccccc3)cc2)c2ccccc2)cc1. The number of carbonyl (C=O) groups is 4. The summed E-state index contributed by atoms with van der Waals surface area (Å²) in [6, 6.07) is 49.0. The van der Waals surface area contributed by atoms with E-state index in [0.717, 1.165) is 28.9 Å². The van der Waals surface area contributed by atoms with Gasteiger partial charge < -0.3 is 25.4 Å². The predicted molar refractivity (Wildman–Crippen MR) is 229 cm³/mol. The van der Waals surface area contributed by atoms with Crippen molar-refractivity contribution in [3.05, 3.63) is 197 Å². The van der Waals surface area contributed by atoms with Crippen molar-refractivity contribution in [1.82, 2.24) is 5.32 Å². The molecule has 0 spiro atoms. The molecular formula is C48H43N3O6S. The zero-order valence-electron chi connectivity index (χ0n) is 31.9. The van der Waals surface area contributed by atoms with E-state index in [1.54, 1.807) is 66.7 Å². The lowest BCUT2D eigenvalue weighted by molar-refractivity contribution is -0.116. The van der Waals surface area contributed by atoms with E-state index in [4.69, 9.17) is 9.47 Å². The van der Waals surface area contributed by atoms with Gasteiger partial charge in [0.1, 0.15) is 23.3 Å². The first-order chi connectivity index (χ1) is 28.3. The number of esters is 1. The molecule has 0 radical (unpaired) electrons. The predicted octanol–water partition coefficient (Wildman–Crippen LogP) is 10.1. The number of unbranched alkanes of at least 4 members (excludes halogenated alkanes) is 1. The highest BCUT2D eigenvalue weighted by Gasteiger charge is 2.23. The van der Waals surface area contributed by atoms with Crippen LogP contribution in [0.2, 0.25) is 0 Å². The van der Waals surface area contributed by atoms with Crippen molar-refractivity contribution in [2.24, 2.45) is 0 Å². The summed E-state index contributed by atoms with van der Waals surface area (Å²) in [7, 11) is 0. The molecule has 0 aliphatic carbocycles. The molecule has 0 heterocycles. The molecule has 0 aliphatic heterocycles. The molecule has 6 aromatic rings. The van der Waals surface area contributed by atoms with Crippen molar-refractivity contribution >= 4 is 52.9 Å². The van der Waals surface area contributed by atoms with E-state index in [9.17, 15) is 19.2 Å². The first-order valence-electron chi connectivity index (χ1n) is 18.9. The van der Waals surface area contributed by atoms with Gasteiger partial charge in [-0.15, -0.1) is 11.8 Å². The van der Waals surface area contributed by atoms with Gasteiger partial charge >= 0.3 is 5.97 Å². The smallest absolute Gasteiger partial charge is 0.338 e. The monoisotopic (exact) mass is 789 g/mol. The number of amides is 3. The van der Waals surface area contributed by atoms with Crippen LogP contribution in [0.1, 0.15) is 62.4 Å². The van der Waals surface area contributed by atoms with E-state index < -0.39 is 23.0 Å². The average molecular weight is 790 g/mol. The topological polar surface area (TPSA) is 123 Å². The number of ether oxygens (including phenoxy) is 2. The molecule has 3 N–H and O–H groups in total. The lowest BCUT2D eigenvalue weighted by Gasteiger charge is -2.18. The van der Waals surface area contributed by atoms with Crippen molar-refractivity contribution in [1.29, 1.82) is 0 Å². The number of thioether (sulfide) groups is 1. The molecule has 292 valence electrons. The summed E-state index contributed by atoms with van der Waals surface area (Å²) in [5.74, 6) is -0.922. The Hall–Kier alpha value is -6.91. The molecule has 1 unspecified atom stereocenters. The Bertz CT molecular complexity index is 2300. The maximum absolute atomic E-state index is 13.7. The zero-order chi connectivity index (χ0) is 40.5. The minimum absolute atomic E-state index is 0.0486. The number of benzene rings is 6. The Morgan fingerprint density at radius 1 is 0.655 bits per heavy atom. The van der Waals surface area contributed by atoms with E-state index in [0.29, 0.717) is 47.0 Å². The minimum atomic E-state index is -0.613. The molecule has 6 aromatic carbocycles. The van der Waals surface area contributed by atoms with Crippen LogP contribution in [0.4, 0.5) is 11.4 Å². The van der Waals surface area contributed by atoms with E-state index in [2.05, 4.69) is 16.0 Å². The molecule has 6 rings (SSSR count).